The molecule has 1 saturated carbocycles. The Hall–Kier alpha value is -2.73. The summed E-state index contributed by atoms with van der Waals surface area (Å²) < 4.78 is 5.82. The van der Waals surface area contributed by atoms with E-state index in [2.05, 4.69) is 16.0 Å². The molecule has 0 spiro atoms. The molecule has 0 bridgehead atoms. The first-order valence-electron chi connectivity index (χ1n) is 8.76. The number of carbonyl (C=O) groups is 2. The van der Waals surface area contributed by atoms with Gasteiger partial charge in [0.1, 0.15) is 5.75 Å². The highest BCUT2D eigenvalue weighted by molar-refractivity contribution is 6.33. The van der Waals surface area contributed by atoms with Crippen molar-refractivity contribution < 1.29 is 14.3 Å². The second-order valence-electron chi connectivity index (χ2n) is 6.68. The Bertz CT molecular complexity index is 822. The first-order valence-corrected chi connectivity index (χ1v) is 9.13. The van der Waals surface area contributed by atoms with E-state index < -0.39 is 0 Å². The molecule has 0 aliphatic heterocycles. The Morgan fingerprint density at radius 3 is 2.56 bits per heavy atom. The molecule has 3 N–H and O–H groups in total. The lowest BCUT2D eigenvalue weighted by Crippen LogP contribution is -2.36. The van der Waals surface area contributed by atoms with Crippen molar-refractivity contribution in [2.45, 2.75) is 12.8 Å². The predicted molar refractivity (Wildman–Crippen MR) is 105 cm³/mol. The maximum atomic E-state index is 12.2. The zero-order valence-electron chi connectivity index (χ0n) is 15.0. The topological polar surface area (TPSA) is 79.5 Å². The molecule has 27 heavy (non-hydrogen) atoms. The Kier molecular flexibility index (Phi) is 5.86. The van der Waals surface area contributed by atoms with E-state index in [1.807, 2.05) is 30.3 Å². The summed E-state index contributed by atoms with van der Waals surface area (Å²) >= 11 is 6.11. The highest BCUT2D eigenvalue weighted by Gasteiger charge is 2.43. The van der Waals surface area contributed by atoms with Crippen LogP contribution in [0.4, 0.5) is 10.5 Å². The van der Waals surface area contributed by atoms with Gasteiger partial charge in [-0.25, -0.2) is 4.79 Å². The van der Waals surface area contributed by atoms with Crippen LogP contribution in [0, 0.1) is 5.41 Å². The van der Waals surface area contributed by atoms with Gasteiger partial charge in [-0.3, -0.25) is 4.79 Å². The van der Waals surface area contributed by atoms with Crippen molar-refractivity contribution in [3.63, 3.8) is 0 Å². The molecular formula is C20H22ClN3O3. The molecule has 1 fully saturated rings. The summed E-state index contributed by atoms with van der Waals surface area (Å²) in [4.78, 5) is 24.0. The Morgan fingerprint density at radius 2 is 1.89 bits per heavy atom. The zero-order chi connectivity index (χ0) is 19.3. The van der Waals surface area contributed by atoms with Gasteiger partial charge < -0.3 is 20.7 Å². The van der Waals surface area contributed by atoms with E-state index in [1.54, 1.807) is 25.2 Å². The SMILES string of the molecule is CNC(=O)c1ccc(Cl)c(NC(=O)NCC2(COc3ccccc3)CC2)c1. The molecule has 0 unspecified atom stereocenters. The Labute approximate surface area is 163 Å². The van der Waals surface area contributed by atoms with Gasteiger partial charge in [0.2, 0.25) is 0 Å². The molecule has 2 aromatic carbocycles. The van der Waals surface area contributed by atoms with E-state index in [4.69, 9.17) is 16.3 Å². The second-order valence-corrected chi connectivity index (χ2v) is 7.09. The molecule has 0 heterocycles. The molecule has 3 amide bonds. The van der Waals surface area contributed by atoms with Gasteiger partial charge in [-0.1, -0.05) is 29.8 Å². The molecule has 142 valence electrons. The summed E-state index contributed by atoms with van der Waals surface area (Å²) in [6, 6.07) is 14.0. The highest BCUT2D eigenvalue weighted by atomic mass is 35.5. The second kappa shape index (κ2) is 8.31. The number of anilines is 1. The average molecular weight is 388 g/mol. The van der Waals surface area contributed by atoms with Gasteiger partial charge in [0.05, 0.1) is 17.3 Å². The fraction of sp³-hybridized carbons (Fsp3) is 0.300. The van der Waals surface area contributed by atoms with Crippen LogP contribution in [0.25, 0.3) is 0 Å². The molecule has 1 aliphatic carbocycles. The van der Waals surface area contributed by atoms with Gasteiger partial charge in [0.25, 0.3) is 5.91 Å². The number of ether oxygens (including phenoxy) is 1. The van der Waals surface area contributed by atoms with Crippen LogP contribution in [0.3, 0.4) is 0 Å². The fourth-order valence-corrected chi connectivity index (χ4v) is 2.81. The summed E-state index contributed by atoms with van der Waals surface area (Å²) in [6.07, 6.45) is 2.01. The van der Waals surface area contributed by atoms with E-state index in [-0.39, 0.29) is 17.4 Å². The van der Waals surface area contributed by atoms with Crippen LogP contribution in [0.2, 0.25) is 5.02 Å². The van der Waals surface area contributed by atoms with E-state index in [0.717, 1.165) is 18.6 Å². The number of nitrogens with one attached hydrogen (secondary N) is 3. The monoisotopic (exact) mass is 387 g/mol. The molecule has 3 rings (SSSR count). The van der Waals surface area contributed by atoms with Crippen LogP contribution in [0.5, 0.6) is 5.75 Å². The molecule has 0 radical (unpaired) electrons. The van der Waals surface area contributed by atoms with Gasteiger partial charge in [-0.2, -0.15) is 0 Å². The molecule has 6 nitrogen and oxygen atoms in total. The standard InChI is InChI=1S/C20H22ClN3O3/c1-22-18(25)14-7-8-16(21)17(11-14)24-19(26)23-12-20(9-10-20)13-27-15-5-3-2-4-6-15/h2-8,11H,9-10,12-13H2,1H3,(H,22,25)(H2,23,24,26). The van der Waals surface area contributed by atoms with Crippen LogP contribution in [0.15, 0.2) is 48.5 Å². The molecule has 0 aromatic heterocycles. The van der Waals surface area contributed by atoms with E-state index >= 15 is 0 Å². The van der Waals surface area contributed by atoms with E-state index in [1.165, 1.54) is 0 Å². The maximum Gasteiger partial charge on any atom is 0.319 e. The number of carbonyl (C=O) groups excluding carboxylic acids is 2. The Balaban J connectivity index is 1.52. The molecule has 2 aromatic rings. The van der Waals surface area contributed by atoms with E-state index in [9.17, 15) is 9.59 Å². The maximum absolute atomic E-state index is 12.2. The predicted octanol–water partition coefficient (Wildman–Crippen LogP) is 3.68. The molecule has 0 saturated heterocycles. The minimum Gasteiger partial charge on any atom is -0.493 e. The largest absolute Gasteiger partial charge is 0.493 e. The Morgan fingerprint density at radius 1 is 1.15 bits per heavy atom. The summed E-state index contributed by atoms with van der Waals surface area (Å²) in [5.41, 5.74) is 0.786. The van der Waals surface area contributed by atoms with Crippen molar-refractivity contribution >= 4 is 29.2 Å². The lowest BCUT2D eigenvalue weighted by Gasteiger charge is -2.17. The first-order chi connectivity index (χ1) is 13.0. The zero-order valence-corrected chi connectivity index (χ0v) is 15.8. The van der Waals surface area contributed by atoms with Gasteiger partial charge in [-0.15, -0.1) is 0 Å². The van der Waals surface area contributed by atoms with Crippen LogP contribution in [-0.4, -0.2) is 32.1 Å². The number of urea groups is 1. The third-order valence-electron chi connectivity index (χ3n) is 4.57. The number of benzene rings is 2. The number of amides is 3. The minimum absolute atomic E-state index is 0.0269. The highest BCUT2D eigenvalue weighted by Crippen LogP contribution is 2.45. The van der Waals surface area contributed by atoms with Crippen molar-refractivity contribution in [3.8, 4) is 5.75 Å². The molecular weight excluding hydrogens is 366 g/mol. The lowest BCUT2D eigenvalue weighted by molar-refractivity contribution is 0.0963. The number of para-hydroxylation sites is 1. The third-order valence-corrected chi connectivity index (χ3v) is 4.90. The van der Waals surface area contributed by atoms with Gasteiger partial charge in [0, 0.05) is 24.6 Å². The minimum atomic E-state index is -0.364. The number of hydrogen-bond acceptors (Lipinski definition) is 3. The van der Waals surface area contributed by atoms with Crippen LogP contribution >= 0.6 is 11.6 Å². The average Bonchev–Trinajstić information content (AvgIpc) is 3.47. The van der Waals surface area contributed by atoms with Crippen molar-refractivity contribution in [2.75, 3.05) is 25.5 Å². The number of hydrogen-bond donors (Lipinski definition) is 3. The van der Waals surface area contributed by atoms with Crippen molar-refractivity contribution in [1.29, 1.82) is 0 Å². The van der Waals surface area contributed by atoms with Crippen molar-refractivity contribution in [2.24, 2.45) is 5.41 Å². The quantitative estimate of drug-likeness (QED) is 0.678. The van der Waals surface area contributed by atoms with Crippen molar-refractivity contribution in [3.05, 3.63) is 59.1 Å². The molecule has 7 heteroatoms. The van der Waals surface area contributed by atoms with Gasteiger partial charge >= 0.3 is 6.03 Å². The number of rotatable bonds is 7. The van der Waals surface area contributed by atoms with Gasteiger partial charge in [0.15, 0.2) is 0 Å². The summed E-state index contributed by atoms with van der Waals surface area (Å²) in [6.45, 7) is 1.07. The normalized spacial score (nSPS) is 14.1. The smallest absolute Gasteiger partial charge is 0.319 e. The first kappa shape index (κ1) is 19.0. The summed E-state index contributed by atoms with van der Waals surface area (Å²) in [5.74, 6) is 0.580. The van der Waals surface area contributed by atoms with Gasteiger partial charge in [-0.05, 0) is 43.2 Å². The van der Waals surface area contributed by atoms with Crippen molar-refractivity contribution in [1.82, 2.24) is 10.6 Å². The lowest BCUT2D eigenvalue weighted by atomic mass is 10.1. The number of halogens is 1. The third kappa shape index (κ3) is 5.14. The van der Waals surface area contributed by atoms with Crippen LogP contribution < -0.4 is 20.7 Å². The van der Waals surface area contributed by atoms with Crippen LogP contribution in [0.1, 0.15) is 23.2 Å². The molecule has 0 atom stereocenters. The summed E-state index contributed by atoms with van der Waals surface area (Å²) in [5, 5.41) is 8.48. The molecule has 1 aliphatic rings. The van der Waals surface area contributed by atoms with E-state index in [0.29, 0.717) is 29.4 Å². The van der Waals surface area contributed by atoms with Crippen LogP contribution in [-0.2, 0) is 0 Å². The fourth-order valence-electron chi connectivity index (χ4n) is 2.64. The summed E-state index contributed by atoms with van der Waals surface area (Å²) in [7, 11) is 1.54.